The van der Waals surface area contributed by atoms with Gasteiger partial charge >= 0.3 is 0 Å². The first-order chi connectivity index (χ1) is 14.1. The van der Waals surface area contributed by atoms with Crippen LogP contribution >= 0.6 is 0 Å². The minimum Gasteiger partial charge on any atom is -0.495 e. The maximum absolute atomic E-state index is 12.6. The molecule has 1 amide bonds. The number of methoxy groups -OCH3 is 1. The lowest BCUT2D eigenvalue weighted by molar-refractivity contribution is 0.0950. The SMILES string of the molecule is COc1ccc(C(=O)NCc2ccccc2NS(C)(=O)=O)cc1S(=O)(=O)NC1CC1. The molecule has 3 rings (SSSR count). The molecule has 0 unspecified atom stereocenters. The van der Waals surface area contributed by atoms with Crippen LogP contribution in [0.15, 0.2) is 47.4 Å². The third-order valence-corrected chi connectivity index (χ3v) is 6.50. The van der Waals surface area contributed by atoms with Crippen molar-refractivity contribution in [3.05, 3.63) is 53.6 Å². The molecule has 0 aromatic heterocycles. The molecule has 1 fully saturated rings. The third-order valence-electron chi connectivity index (χ3n) is 4.37. The molecule has 3 N–H and O–H groups in total. The Bertz CT molecular complexity index is 1160. The number of carbonyl (C=O) groups excluding carboxylic acids is 1. The fourth-order valence-electron chi connectivity index (χ4n) is 2.76. The summed E-state index contributed by atoms with van der Waals surface area (Å²) >= 11 is 0. The Hall–Kier alpha value is -2.63. The average molecular weight is 454 g/mol. The van der Waals surface area contributed by atoms with Crippen LogP contribution in [0.3, 0.4) is 0 Å². The standard InChI is InChI=1S/C19H23N3O6S2/c1-28-17-10-7-13(11-18(17)30(26,27)21-15-8-9-15)19(23)20-12-14-5-3-4-6-16(14)22-29(2,24)25/h3-7,10-11,15,21-22H,8-9,12H2,1-2H3,(H,20,23). The van der Waals surface area contributed by atoms with Gasteiger partial charge in [0.25, 0.3) is 5.91 Å². The van der Waals surface area contributed by atoms with E-state index in [0.717, 1.165) is 19.1 Å². The van der Waals surface area contributed by atoms with Gasteiger partial charge in [-0.1, -0.05) is 18.2 Å². The molecule has 0 radical (unpaired) electrons. The van der Waals surface area contributed by atoms with E-state index in [2.05, 4.69) is 14.8 Å². The van der Waals surface area contributed by atoms with E-state index in [0.29, 0.717) is 11.3 Å². The normalized spacial score (nSPS) is 14.2. The lowest BCUT2D eigenvalue weighted by Crippen LogP contribution is -2.27. The summed E-state index contributed by atoms with van der Waals surface area (Å²) in [5, 5.41) is 2.68. The van der Waals surface area contributed by atoms with Crippen molar-refractivity contribution in [2.45, 2.75) is 30.3 Å². The number of hydrogen-bond donors (Lipinski definition) is 3. The minimum atomic E-state index is -3.82. The number of ether oxygens (including phenoxy) is 1. The highest BCUT2D eigenvalue weighted by Gasteiger charge is 2.30. The largest absolute Gasteiger partial charge is 0.495 e. The number of carbonyl (C=O) groups is 1. The molecule has 2 aromatic carbocycles. The lowest BCUT2D eigenvalue weighted by atomic mass is 10.1. The quantitative estimate of drug-likeness (QED) is 0.527. The van der Waals surface area contributed by atoms with Crippen LogP contribution in [0.25, 0.3) is 0 Å². The zero-order chi connectivity index (χ0) is 21.9. The number of sulfonamides is 2. The van der Waals surface area contributed by atoms with E-state index in [1.165, 1.54) is 25.3 Å². The highest BCUT2D eigenvalue weighted by molar-refractivity contribution is 7.92. The molecule has 0 heterocycles. The van der Waals surface area contributed by atoms with Crippen LogP contribution in [-0.2, 0) is 26.6 Å². The van der Waals surface area contributed by atoms with E-state index in [4.69, 9.17) is 4.74 Å². The molecular weight excluding hydrogens is 430 g/mol. The number of para-hydroxylation sites is 1. The van der Waals surface area contributed by atoms with Crippen LogP contribution < -0.4 is 19.5 Å². The molecule has 1 aliphatic rings. The van der Waals surface area contributed by atoms with E-state index >= 15 is 0 Å². The highest BCUT2D eigenvalue weighted by atomic mass is 32.2. The van der Waals surface area contributed by atoms with Gasteiger partial charge in [0.15, 0.2) is 0 Å². The molecule has 0 spiro atoms. The summed E-state index contributed by atoms with van der Waals surface area (Å²) in [6, 6.07) is 10.7. The molecule has 2 aromatic rings. The van der Waals surface area contributed by atoms with E-state index in [1.54, 1.807) is 24.3 Å². The van der Waals surface area contributed by atoms with Crippen LogP contribution in [-0.4, -0.2) is 42.2 Å². The van der Waals surface area contributed by atoms with E-state index in [-0.39, 0.29) is 28.8 Å². The highest BCUT2D eigenvalue weighted by Crippen LogP contribution is 2.28. The van der Waals surface area contributed by atoms with Gasteiger partial charge in [-0.05, 0) is 42.7 Å². The first-order valence-corrected chi connectivity index (χ1v) is 12.5. The van der Waals surface area contributed by atoms with Crippen molar-refractivity contribution in [3.8, 4) is 5.75 Å². The molecule has 0 bridgehead atoms. The summed E-state index contributed by atoms with van der Waals surface area (Å²) in [4.78, 5) is 12.5. The molecule has 11 heteroatoms. The Balaban J connectivity index is 1.79. The van der Waals surface area contributed by atoms with Gasteiger partial charge in [0, 0.05) is 18.2 Å². The van der Waals surface area contributed by atoms with Crippen molar-refractivity contribution in [1.82, 2.24) is 10.0 Å². The van der Waals surface area contributed by atoms with Gasteiger partial charge in [-0.3, -0.25) is 9.52 Å². The first kappa shape index (κ1) is 22.1. The van der Waals surface area contributed by atoms with Gasteiger partial charge in [-0.25, -0.2) is 21.6 Å². The third kappa shape index (κ3) is 5.71. The van der Waals surface area contributed by atoms with E-state index in [1.807, 2.05) is 0 Å². The second-order valence-electron chi connectivity index (χ2n) is 6.98. The predicted octanol–water partition coefficient (Wildman–Crippen LogP) is 1.44. The number of rotatable bonds is 9. The van der Waals surface area contributed by atoms with Gasteiger partial charge in [-0.2, -0.15) is 0 Å². The first-order valence-electron chi connectivity index (χ1n) is 9.13. The average Bonchev–Trinajstić information content (AvgIpc) is 3.48. The smallest absolute Gasteiger partial charge is 0.251 e. The Labute approximate surface area is 175 Å². The summed E-state index contributed by atoms with van der Waals surface area (Å²) < 4.78 is 58.3. The summed E-state index contributed by atoms with van der Waals surface area (Å²) in [5.74, 6) is -0.364. The zero-order valence-corrected chi connectivity index (χ0v) is 18.1. The zero-order valence-electron chi connectivity index (χ0n) is 16.5. The van der Waals surface area contributed by atoms with Crippen molar-refractivity contribution in [2.24, 2.45) is 0 Å². The van der Waals surface area contributed by atoms with Gasteiger partial charge in [-0.15, -0.1) is 0 Å². The topological polar surface area (TPSA) is 131 Å². The Kier molecular flexibility index (Phi) is 6.34. The Morgan fingerprint density at radius 1 is 1.10 bits per heavy atom. The summed E-state index contributed by atoms with van der Waals surface area (Å²) in [7, 11) is -5.94. The molecule has 1 saturated carbocycles. The van der Waals surface area contributed by atoms with Crippen molar-refractivity contribution >= 4 is 31.6 Å². The molecule has 162 valence electrons. The van der Waals surface area contributed by atoms with Gasteiger partial charge in [0.1, 0.15) is 10.6 Å². The molecule has 30 heavy (non-hydrogen) atoms. The van der Waals surface area contributed by atoms with Crippen molar-refractivity contribution < 1.29 is 26.4 Å². The van der Waals surface area contributed by atoms with Crippen LogP contribution in [0, 0.1) is 0 Å². The van der Waals surface area contributed by atoms with Gasteiger partial charge in [0.2, 0.25) is 20.0 Å². The Morgan fingerprint density at radius 2 is 1.80 bits per heavy atom. The second kappa shape index (κ2) is 8.62. The van der Waals surface area contributed by atoms with Crippen LogP contribution in [0.4, 0.5) is 5.69 Å². The number of anilines is 1. The molecule has 0 saturated heterocycles. The van der Waals surface area contributed by atoms with Crippen molar-refractivity contribution in [2.75, 3.05) is 18.1 Å². The number of nitrogens with one attached hydrogen (secondary N) is 3. The summed E-state index contributed by atoms with van der Waals surface area (Å²) in [6.45, 7) is 0.0476. The van der Waals surface area contributed by atoms with Crippen molar-refractivity contribution in [1.29, 1.82) is 0 Å². The molecule has 1 aliphatic carbocycles. The van der Waals surface area contributed by atoms with Crippen LogP contribution in [0.5, 0.6) is 5.75 Å². The minimum absolute atomic E-state index is 0.0476. The Morgan fingerprint density at radius 3 is 2.43 bits per heavy atom. The van der Waals surface area contributed by atoms with Crippen LogP contribution in [0.2, 0.25) is 0 Å². The maximum Gasteiger partial charge on any atom is 0.251 e. The molecule has 9 nitrogen and oxygen atoms in total. The van der Waals surface area contributed by atoms with Crippen molar-refractivity contribution in [3.63, 3.8) is 0 Å². The summed E-state index contributed by atoms with van der Waals surface area (Å²) in [6.07, 6.45) is 2.60. The number of hydrogen-bond acceptors (Lipinski definition) is 6. The van der Waals surface area contributed by atoms with E-state index < -0.39 is 26.0 Å². The fourth-order valence-corrected chi connectivity index (χ4v) is 4.86. The number of amides is 1. The monoisotopic (exact) mass is 453 g/mol. The fraction of sp³-hybridized carbons (Fsp3) is 0.316. The predicted molar refractivity (Wildman–Crippen MR) is 112 cm³/mol. The molecule has 0 atom stereocenters. The van der Waals surface area contributed by atoms with E-state index in [9.17, 15) is 21.6 Å². The molecule has 0 aliphatic heterocycles. The van der Waals surface area contributed by atoms with Gasteiger partial charge < -0.3 is 10.1 Å². The second-order valence-corrected chi connectivity index (χ2v) is 10.4. The lowest BCUT2D eigenvalue weighted by Gasteiger charge is -2.13. The number of benzene rings is 2. The molecular formula is C19H23N3O6S2. The maximum atomic E-state index is 12.6. The van der Waals surface area contributed by atoms with Gasteiger partial charge in [0.05, 0.1) is 19.1 Å². The summed E-state index contributed by atoms with van der Waals surface area (Å²) in [5.41, 5.74) is 1.06. The van der Waals surface area contributed by atoms with Crippen LogP contribution in [0.1, 0.15) is 28.8 Å².